The predicted molar refractivity (Wildman–Crippen MR) is 92.1 cm³/mol. The van der Waals surface area contributed by atoms with Gasteiger partial charge in [-0.05, 0) is 32.1 Å². The van der Waals surface area contributed by atoms with Crippen LogP contribution in [-0.4, -0.2) is 29.6 Å². The summed E-state index contributed by atoms with van der Waals surface area (Å²) < 4.78 is 0. The third kappa shape index (κ3) is 5.18. The molecule has 4 nitrogen and oxygen atoms in total. The Hall–Kier alpha value is -1.32. The highest BCUT2D eigenvalue weighted by Crippen LogP contribution is 2.26. The summed E-state index contributed by atoms with van der Waals surface area (Å²) in [5, 5.41) is 3.44. The lowest BCUT2D eigenvalue weighted by Crippen LogP contribution is -2.32. The minimum atomic E-state index is 0.481. The van der Waals surface area contributed by atoms with Gasteiger partial charge in [0.1, 0.15) is 18.0 Å². The van der Waals surface area contributed by atoms with Gasteiger partial charge < -0.3 is 10.2 Å². The van der Waals surface area contributed by atoms with Crippen LogP contribution in [0.2, 0.25) is 0 Å². The number of anilines is 2. The topological polar surface area (TPSA) is 41.1 Å². The van der Waals surface area contributed by atoms with E-state index in [1.165, 1.54) is 12.0 Å². The van der Waals surface area contributed by atoms with Crippen LogP contribution in [0.3, 0.4) is 0 Å². The molecular weight excluding hydrogens is 260 g/mol. The highest BCUT2D eigenvalue weighted by Gasteiger charge is 2.18. The predicted octanol–water partition coefficient (Wildman–Crippen LogP) is 4.12. The van der Waals surface area contributed by atoms with E-state index in [0.29, 0.717) is 12.0 Å². The average molecular weight is 292 g/mol. The molecule has 1 rings (SSSR count). The van der Waals surface area contributed by atoms with E-state index in [0.717, 1.165) is 37.4 Å². The maximum Gasteiger partial charge on any atom is 0.137 e. The van der Waals surface area contributed by atoms with Crippen molar-refractivity contribution in [3.63, 3.8) is 0 Å². The van der Waals surface area contributed by atoms with Crippen molar-refractivity contribution >= 4 is 11.6 Å². The number of rotatable bonds is 9. The zero-order valence-electron chi connectivity index (χ0n) is 14.6. The number of nitrogens with zero attached hydrogens (tertiary/aromatic N) is 3. The monoisotopic (exact) mass is 292 g/mol. The van der Waals surface area contributed by atoms with Gasteiger partial charge in [0.15, 0.2) is 0 Å². The van der Waals surface area contributed by atoms with Crippen molar-refractivity contribution < 1.29 is 0 Å². The smallest absolute Gasteiger partial charge is 0.137 e. The van der Waals surface area contributed by atoms with Crippen LogP contribution >= 0.6 is 0 Å². The Morgan fingerprint density at radius 1 is 1.14 bits per heavy atom. The minimum Gasteiger partial charge on any atom is -0.370 e. The highest BCUT2D eigenvalue weighted by atomic mass is 15.2. The summed E-state index contributed by atoms with van der Waals surface area (Å²) in [6.07, 6.45) is 6.08. The van der Waals surface area contributed by atoms with Crippen LogP contribution in [0.1, 0.15) is 59.4 Å². The molecule has 0 amide bonds. The van der Waals surface area contributed by atoms with Crippen LogP contribution in [0.15, 0.2) is 6.33 Å². The maximum absolute atomic E-state index is 4.57. The van der Waals surface area contributed by atoms with Crippen molar-refractivity contribution in [3.8, 4) is 0 Å². The van der Waals surface area contributed by atoms with Crippen molar-refractivity contribution in [2.45, 2.75) is 66.3 Å². The fourth-order valence-electron chi connectivity index (χ4n) is 2.63. The van der Waals surface area contributed by atoms with Gasteiger partial charge in [0.2, 0.25) is 0 Å². The van der Waals surface area contributed by atoms with Gasteiger partial charge in [-0.3, -0.25) is 0 Å². The van der Waals surface area contributed by atoms with Crippen LogP contribution < -0.4 is 10.2 Å². The minimum absolute atomic E-state index is 0.481. The number of hydrogen-bond acceptors (Lipinski definition) is 4. The molecule has 1 aromatic heterocycles. The first-order valence-corrected chi connectivity index (χ1v) is 8.31. The molecule has 0 aliphatic rings. The first-order chi connectivity index (χ1) is 10.0. The molecule has 1 aromatic rings. The highest BCUT2D eigenvalue weighted by molar-refractivity contribution is 5.59. The molecule has 0 fully saturated rings. The van der Waals surface area contributed by atoms with Gasteiger partial charge in [0.05, 0.1) is 0 Å². The Balaban J connectivity index is 3.03. The summed E-state index contributed by atoms with van der Waals surface area (Å²) in [5.41, 5.74) is 1.26. The zero-order chi connectivity index (χ0) is 15.8. The second kappa shape index (κ2) is 8.85. The van der Waals surface area contributed by atoms with Crippen molar-refractivity contribution in [2.24, 2.45) is 5.92 Å². The molecule has 0 radical (unpaired) electrons. The van der Waals surface area contributed by atoms with E-state index >= 15 is 0 Å². The van der Waals surface area contributed by atoms with Crippen LogP contribution in [0.5, 0.6) is 0 Å². The Kier molecular flexibility index (Phi) is 7.48. The van der Waals surface area contributed by atoms with Crippen molar-refractivity contribution in [1.82, 2.24) is 9.97 Å². The molecule has 1 unspecified atom stereocenters. The third-order valence-electron chi connectivity index (χ3n) is 3.77. The van der Waals surface area contributed by atoms with E-state index < -0.39 is 0 Å². The molecule has 4 heteroatoms. The van der Waals surface area contributed by atoms with Gasteiger partial charge >= 0.3 is 0 Å². The molecule has 1 N–H and O–H groups in total. The molecule has 1 atom stereocenters. The van der Waals surface area contributed by atoms with Gasteiger partial charge in [-0.2, -0.15) is 0 Å². The van der Waals surface area contributed by atoms with E-state index in [2.05, 4.69) is 61.9 Å². The summed E-state index contributed by atoms with van der Waals surface area (Å²) in [6, 6.07) is 0.481. The molecule has 0 aliphatic heterocycles. The van der Waals surface area contributed by atoms with E-state index in [-0.39, 0.29) is 0 Å². The summed E-state index contributed by atoms with van der Waals surface area (Å²) >= 11 is 0. The fourth-order valence-corrected chi connectivity index (χ4v) is 2.63. The van der Waals surface area contributed by atoms with Crippen LogP contribution in [0.4, 0.5) is 11.6 Å². The normalized spacial score (nSPS) is 12.5. The summed E-state index contributed by atoms with van der Waals surface area (Å²) in [4.78, 5) is 11.3. The molecule has 120 valence electrons. The maximum atomic E-state index is 4.57. The Bertz CT molecular complexity index is 417. The van der Waals surface area contributed by atoms with Crippen LogP contribution in [-0.2, 0) is 6.42 Å². The van der Waals surface area contributed by atoms with Crippen LogP contribution in [0.25, 0.3) is 0 Å². The van der Waals surface area contributed by atoms with Gasteiger partial charge in [-0.1, -0.05) is 34.1 Å². The number of aromatic nitrogens is 2. The number of hydrogen-bond donors (Lipinski definition) is 1. The molecule has 0 saturated carbocycles. The summed E-state index contributed by atoms with van der Waals surface area (Å²) in [5.74, 6) is 2.78. The largest absolute Gasteiger partial charge is 0.370 e. The lowest BCUT2D eigenvalue weighted by Gasteiger charge is -2.29. The quantitative estimate of drug-likeness (QED) is 0.743. The fraction of sp³-hybridized carbons (Fsp3) is 0.765. The van der Waals surface area contributed by atoms with E-state index in [4.69, 9.17) is 0 Å². The van der Waals surface area contributed by atoms with Crippen LogP contribution in [0, 0.1) is 5.92 Å². The Morgan fingerprint density at radius 3 is 2.43 bits per heavy atom. The van der Waals surface area contributed by atoms with Gasteiger partial charge in [0.25, 0.3) is 0 Å². The van der Waals surface area contributed by atoms with Gasteiger partial charge in [-0.25, -0.2) is 9.97 Å². The molecule has 0 aromatic carbocycles. The van der Waals surface area contributed by atoms with Gasteiger partial charge in [-0.15, -0.1) is 0 Å². The Morgan fingerprint density at radius 2 is 1.86 bits per heavy atom. The second-order valence-electron chi connectivity index (χ2n) is 6.29. The summed E-state index contributed by atoms with van der Waals surface area (Å²) in [6.45, 7) is 12.1. The average Bonchev–Trinajstić information content (AvgIpc) is 2.44. The lowest BCUT2D eigenvalue weighted by molar-refractivity contribution is 0.501. The first-order valence-electron chi connectivity index (χ1n) is 8.31. The third-order valence-corrected chi connectivity index (χ3v) is 3.77. The van der Waals surface area contributed by atoms with Crippen molar-refractivity contribution in [3.05, 3.63) is 11.9 Å². The number of nitrogens with one attached hydrogen (secondary N) is 1. The second-order valence-corrected chi connectivity index (χ2v) is 6.29. The zero-order valence-corrected chi connectivity index (χ0v) is 14.6. The molecular formula is C17H32N4. The molecule has 1 heterocycles. The molecule has 0 saturated heterocycles. The Labute approximate surface area is 130 Å². The SMILES string of the molecule is CCCNc1ncnc(N(C)C(C)CC(C)C)c1CCC. The molecule has 0 bridgehead atoms. The molecule has 0 spiro atoms. The lowest BCUT2D eigenvalue weighted by atomic mass is 10.0. The first kappa shape index (κ1) is 17.7. The van der Waals surface area contributed by atoms with E-state index in [1.54, 1.807) is 6.33 Å². The van der Waals surface area contributed by atoms with Gasteiger partial charge in [0, 0.05) is 25.2 Å². The van der Waals surface area contributed by atoms with Crippen molar-refractivity contribution in [2.75, 3.05) is 23.8 Å². The molecule has 21 heavy (non-hydrogen) atoms. The van der Waals surface area contributed by atoms with Crippen molar-refractivity contribution in [1.29, 1.82) is 0 Å². The standard InChI is InChI=1S/C17H32N4/c1-7-9-15-16(18-10-8-2)19-12-20-17(15)21(6)14(5)11-13(3)4/h12-14H,7-11H2,1-6H3,(H,18,19,20). The summed E-state index contributed by atoms with van der Waals surface area (Å²) in [7, 11) is 2.15. The van der Waals surface area contributed by atoms with E-state index in [9.17, 15) is 0 Å². The van der Waals surface area contributed by atoms with E-state index in [1.807, 2.05) is 0 Å². The molecule has 0 aliphatic carbocycles.